The van der Waals surface area contributed by atoms with Gasteiger partial charge in [0.15, 0.2) is 0 Å². The van der Waals surface area contributed by atoms with Crippen LogP contribution in [0.1, 0.15) is 22.2 Å². The molecule has 0 aliphatic carbocycles. The van der Waals surface area contributed by atoms with E-state index in [0.717, 1.165) is 28.5 Å². The zero-order valence-corrected chi connectivity index (χ0v) is 15.3. The third-order valence-corrected chi connectivity index (χ3v) is 5.42. The molecule has 4 nitrogen and oxygen atoms in total. The molecule has 1 unspecified atom stereocenters. The Morgan fingerprint density at radius 3 is 2.75 bits per heavy atom. The lowest BCUT2D eigenvalue weighted by atomic mass is 10.1. The predicted octanol–water partition coefficient (Wildman–Crippen LogP) is 4.30. The second kappa shape index (κ2) is 8.28. The minimum Gasteiger partial charge on any atom is -0.497 e. The van der Waals surface area contributed by atoms with Gasteiger partial charge in [0.05, 0.1) is 20.3 Å². The Morgan fingerprint density at radius 2 is 2.08 bits per heavy atom. The van der Waals surface area contributed by atoms with E-state index in [1.807, 2.05) is 29.8 Å². The highest BCUT2D eigenvalue weighted by atomic mass is 32.1. The van der Waals surface area contributed by atoms with E-state index in [4.69, 9.17) is 9.47 Å². The van der Waals surface area contributed by atoms with Crippen LogP contribution in [0.2, 0.25) is 0 Å². The van der Waals surface area contributed by atoms with Gasteiger partial charge in [-0.2, -0.15) is 11.3 Å². The Hall–Kier alpha value is -1.89. The maximum atomic E-state index is 5.49. The van der Waals surface area contributed by atoms with Crippen LogP contribution in [0.15, 0.2) is 46.6 Å². The molecule has 0 amide bonds. The molecule has 0 spiro atoms. The van der Waals surface area contributed by atoms with Crippen LogP contribution < -0.4 is 14.8 Å². The van der Waals surface area contributed by atoms with Gasteiger partial charge in [-0.15, -0.1) is 11.3 Å². The van der Waals surface area contributed by atoms with Crippen molar-refractivity contribution in [1.82, 2.24) is 10.3 Å². The number of aromatic nitrogens is 1. The van der Waals surface area contributed by atoms with Crippen LogP contribution in [0.3, 0.4) is 0 Å². The first-order chi connectivity index (χ1) is 11.8. The summed E-state index contributed by atoms with van der Waals surface area (Å²) in [6.45, 7) is 0.710. The molecule has 0 fully saturated rings. The summed E-state index contributed by atoms with van der Waals surface area (Å²) in [6.07, 6.45) is 2.78. The summed E-state index contributed by atoms with van der Waals surface area (Å²) in [5.74, 6) is 1.63. The van der Waals surface area contributed by atoms with E-state index < -0.39 is 0 Å². The maximum absolute atomic E-state index is 5.49. The Labute approximate surface area is 150 Å². The molecule has 0 radical (unpaired) electrons. The average Bonchev–Trinajstić information content (AvgIpc) is 3.32. The number of nitrogens with zero attached hydrogens (tertiary/aromatic N) is 1. The summed E-state index contributed by atoms with van der Waals surface area (Å²) >= 11 is 3.41. The number of rotatable bonds is 8. The maximum Gasteiger partial charge on any atom is 0.127 e. The predicted molar refractivity (Wildman–Crippen MR) is 99.3 cm³/mol. The lowest BCUT2D eigenvalue weighted by molar-refractivity contribution is 0.388. The van der Waals surface area contributed by atoms with Gasteiger partial charge in [0.2, 0.25) is 0 Å². The molecule has 0 bridgehead atoms. The fraction of sp³-hybridized carbons (Fsp3) is 0.278. The monoisotopic (exact) mass is 360 g/mol. The highest BCUT2D eigenvalue weighted by Crippen LogP contribution is 2.27. The highest BCUT2D eigenvalue weighted by Gasteiger charge is 2.16. The molecule has 126 valence electrons. The van der Waals surface area contributed by atoms with Crippen LogP contribution in [0.25, 0.3) is 0 Å². The number of thiazole rings is 1. The summed E-state index contributed by atoms with van der Waals surface area (Å²) < 4.78 is 10.7. The van der Waals surface area contributed by atoms with Crippen LogP contribution in [-0.4, -0.2) is 19.2 Å². The van der Waals surface area contributed by atoms with Gasteiger partial charge in [-0.3, -0.25) is 0 Å². The van der Waals surface area contributed by atoms with E-state index in [0.29, 0.717) is 6.54 Å². The van der Waals surface area contributed by atoms with Crippen LogP contribution >= 0.6 is 22.7 Å². The van der Waals surface area contributed by atoms with Crippen molar-refractivity contribution < 1.29 is 9.47 Å². The minimum absolute atomic E-state index is 0.186. The molecule has 3 rings (SSSR count). The third-order valence-electron chi connectivity index (χ3n) is 3.80. The van der Waals surface area contributed by atoms with E-state index >= 15 is 0 Å². The van der Waals surface area contributed by atoms with Crippen molar-refractivity contribution in [3.8, 4) is 11.5 Å². The van der Waals surface area contributed by atoms with Crippen LogP contribution in [0.4, 0.5) is 0 Å². The van der Waals surface area contributed by atoms with Gasteiger partial charge in [0.1, 0.15) is 16.5 Å². The summed E-state index contributed by atoms with van der Waals surface area (Å²) in [4.78, 5) is 4.49. The Balaban J connectivity index is 1.74. The number of benzene rings is 1. The summed E-state index contributed by atoms with van der Waals surface area (Å²) in [6, 6.07) is 8.26. The van der Waals surface area contributed by atoms with Gasteiger partial charge in [0.25, 0.3) is 0 Å². The lowest BCUT2D eigenvalue weighted by Crippen LogP contribution is -2.23. The molecule has 6 heteroatoms. The first-order valence-corrected chi connectivity index (χ1v) is 9.47. The van der Waals surface area contributed by atoms with Crippen LogP contribution in [0, 0.1) is 0 Å². The molecule has 1 aromatic carbocycles. The molecule has 1 atom stereocenters. The largest absolute Gasteiger partial charge is 0.497 e. The number of methoxy groups -OCH3 is 2. The Kier molecular flexibility index (Phi) is 5.85. The molecule has 0 saturated carbocycles. The van der Waals surface area contributed by atoms with Gasteiger partial charge in [0, 0.05) is 29.8 Å². The van der Waals surface area contributed by atoms with E-state index in [-0.39, 0.29) is 6.04 Å². The zero-order valence-electron chi connectivity index (χ0n) is 13.7. The lowest BCUT2D eigenvalue weighted by Gasteiger charge is -2.18. The topological polar surface area (TPSA) is 43.4 Å². The van der Waals surface area contributed by atoms with Gasteiger partial charge >= 0.3 is 0 Å². The first kappa shape index (κ1) is 17.0. The highest BCUT2D eigenvalue weighted by molar-refractivity contribution is 7.09. The van der Waals surface area contributed by atoms with Crippen molar-refractivity contribution in [2.24, 2.45) is 0 Å². The van der Waals surface area contributed by atoms with E-state index in [9.17, 15) is 0 Å². The van der Waals surface area contributed by atoms with Crippen LogP contribution in [0.5, 0.6) is 11.5 Å². The third kappa shape index (κ3) is 4.14. The molecule has 24 heavy (non-hydrogen) atoms. The fourth-order valence-corrected chi connectivity index (χ4v) is 3.92. The second-order valence-electron chi connectivity index (χ2n) is 5.32. The smallest absolute Gasteiger partial charge is 0.127 e. The number of nitrogens with one attached hydrogen (secondary N) is 1. The van der Waals surface area contributed by atoms with Crippen molar-refractivity contribution in [3.05, 3.63) is 62.7 Å². The molecule has 0 aliphatic heterocycles. The molecule has 1 N–H and O–H groups in total. The minimum atomic E-state index is 0.186. The van der Waals surface area contributed by atoms with Crippen LogP contribution in [-0.2, 0) is 13.0 Å². The van der Waals surface area contributed by atoms with E-state index in [1.165, 1.54) is 5.56 Å². The first-order valence-electron chi connectivity index (χ1n) is 7.65. The number of hydrogen-bond donors (Lipinski definition) is 1. The standard InChI is InChI=1S/C18H20N2O2S2/c1-21-15-4-3-14(17(10-15)22-2)11-20-16(18-19-6-8-24-18)9-13-5-7-23-12-13/h3-8,10,12,16,20H,9,11H2,1-2H3. The summed E-state index contributed by atoms with van der Waals surface area (Å²) in [5, 5.41) is 11.0. The molecule has 2 heterocycles. The molecule has 2 aromatic heterocycles. The van der Waals surface area contributed by atoms with Gasteiger partial charge < -0.3 is 14.8 Å². The van der Waals surface area contributed by atoms with Crippen molar-refractivity contribution in [3.63, 3.8) is 0 Å². The summed E-state index contributed by atoms with van der Waals surface area (Å²) in [7, 11) is 3.34. The second-order valence-corrected chi connectivity index (χ2v) is 7.02. The normalized spacial score (nSPS) is 12.1. The fourth-order valence-electron chi connectivity index (χ4n) is 2.53. The van der Waals surface area contributed by atoms with Crippen molar-refractivity contribution in [2.75, 3.05) is 14.2 Å². The van der Waals surface area contributed by atoms with E-state index in [2.05, 4.69) is 27.1 Å². The van der Waals surface area contributed by atoms with Crippen molar-refractivity contribution >= 4 is 22.7 Å². The molecule has 0 saturated heterocycles. The molecule has 0 aliphatic rings. The van der Waals surface area contributed by atoms with Crippen molar-refractivity contribution in [1.29, 1.82) is 0 Å². The SMILES string of the molecule is COc1ccc(CNC(Cc2ccsc2)c2nccs2)c(OC)c1. The van der Waals surface area contributed by atoms with Gasteiger partial charge in [-0.05, 0) is 34.9 Å². The Morgan fingerprint density at radius 1 is 1.17 bits per heavy atom. The molecule has 3 aromatic rings. The van der Waals surface area contributed by atoms with Crippen molar-refractivity contribution in [2.45, 2.75) is 19.0 Å². The van der Waals surface area contributed by atoms with Gasteiger partial charge in [-0.25, -0.2) is 4.98 Å². The number of hydrogen-bond acceptors (Lipinski definition) is 6. The summed E-state index contributed by atoms with van der Waals surface area (Å²) in [5.41, 5.74) is 2.43. The van der Waals surface area contributed by atoms with Gasteiger partial charge in [-0.1, -0.05) is 6.07 Å². The Bertz CT molecular complexity index is 742. The molecular weight excluding hydrogens is 340 g/mol. The average molecular weight is 361 g/mol. The number of ether oxygens (including phenoxy) is 2. The quantitative estimate of drug-likeness (QED) is 0.651. The number of thiophene rings is 1. The molecular formula is C18H20N2O2S2. The van der Waals surface area contributed by atoms with E-state index in [1.54, 1.807) is 36.9 Å². The zero-order chi connectivity index (χ0) is 16.8.